The maximum absolute atomic E-state index is 11.4. The second kappa shape index (κ2) is 6.55. The lowest BCUT2D eigenvalue weighted by atomic mass is 10.2. The van der Waals surface area contributed by atoms with Crippen molar-refractivity contribution in [2.45, 2.75) is 0 Å². The Morgan fingerprint density at radius 3 is 2.71 bits per heavy atom. The molecular formula is C17H13ClN4O2. The van der Waals surface area contributed by atoms with Gasteiger partial charge in [-0.2, -0.15) is 0 Å². The van der Waals surface area contributed by atoms with Gasteiger partial charge in [0.25, 0.3) is 0 Å². The van der Waals surface area contributed by atoms with Crippen molar-refractivity contribution < 1.29 is 9.90 Å². The van der Waals surface area contributed by atoms with Gasteiger partial charge in [0.05, 0.1) is 10.5 Å². The third kappa shape index (κ3) is 3.28. The number of phenolic OH excluding ortho intramolecular Hbond substituents is 1. The predicted octanol–water partition coefficient (Wildman–Crippen LogP) is 3.86. The molecule has 3 rings (SSSR count). The second-order valence-corrected chi connectivity index (χ2v) is 5.35. The van der Waals surface area contributed by atoms with E-state index in [9.17, 15) is 9.90 Å². The fourth-order valence-corrected chi connectivity index (χ4v) is 2.33. The van der Waals surface area contributed by atoms with Gasteiger partial charge in [-0.25, -0.2) is 9.97 Å². The van der Waals surface area contributed by atoms with E-state index >= 15 is 0 Å². The molecule has 0 aliphatic rings. The minimum absolute atomic E-state index is 0.00388. The molecule has 0 fully saturated rings. The van der Waals surface area contributed by atoms with Gasteiger partial charge in [-0.3, -0.25) is 4.79 Å². The minimum Gasteiger partial charge on any atom is -0.506 e. The fraction of sp³-hybridized carbons (Fsp3) is 0. The first-order chi connectivity index (χ1) is 11.6. The van der Waals surface area contributed by atoms with Crippen LogP contribution in [0.25, 0.3) is 10.9 Å². The molecular weight excluding hydrogens is 328 g/mol. The number of rotatable bonds is 4. The number of aromatic hydroxyl groups is 1. The molecule has 7 heteroatoms. The SMILES string of the molecule is C=CC(=O)Nc1ccc2ncnc(Nc3ccc(O)c(Cl)c3)c2c1. The van der Waals surface area contributed by atoms with Gasteiger partial charge < -0.3 is 15.7 Å². The van der Waals surface area contributed by atoms with Crippen LogP contribution >= 0.6 is 11.6 Å². The number of phenols is 1. The summed E-state index contributed by atoms with van der Waals surface area (Å²) in [4.78, 5) is 19.9. The predicted molar refractivity (Wildman–Crippen MR) is 94.8 cm³/mol. The molecule has 0 aliphatic carbocycles. The van der Waals surface area contributed by atoms with Gasteiger partial charge in [0, 0.05) is 16.8 Å². The van der Waals surface area contributed by atoms with Gasteiger partial charge >= 0.3 is 0 Å². The molecule has 0 atom stereocenters. The van der Waals surface area contributed by atoms with Crippen LogP contribution in [0.3, 0.4) is 0 Å². The van der Waals surface area contributed by atoms with Crippen molar-refractivity contribution in [3.63, 3.8) is 0 Å². The van der Waals surface area contributed by atoms with E-state index in [4.69, 9.17) is 11.6 Å². The van der Waals surface area contributed by atoms with Crippen LogP contribution in [-0.4, -0.2) is 21.0 Å². The number of aromatic nitrogens is 2. The Hall–Kier alpha value is -3.12. The molecule has 2 aromatic carbocycles. The highest BCUT2D eigenvalue weighted by atomic mass is 35.5. The Labute approximate surface area is 142 Å². The Morgan fingerprint density at radius 2 is 1.96 bits per heavy atom. The summed E-state index contributed by atoms with van der Waals surface area (Å²) in [6.07, 6.45) is 2.64. The Balaban J connectivity index is 1.99. The molecule has 0 saturated carbocycles. The highest BCUT2D eigenvalue weighted by Crippen LogP contribution is 2.30. The third-order valence-electron chi connectivity index (χ3n) is 3.30. The normalized spacial score (nSPS) is 10.4. The maximum Gasteiger partial charge on any atom is 0.247 e. The minimum atomic E-state index is -0.300. The van der Waals surface area contributed by atoms with Crippen LogP contribution in [0, 0.1) is 0 Å². The Bertz CT molecular complexity index is 943. The molecule has 0 radical (unpaired) electrons. The van der Waals surface area contributed by atoms with Gasteiger partial charge in [-0.1, -0.05) is 18.2 Å². The van der Waals surface area contributed by atoms with Crippen molar-refractivity contribution in [3.05, 3.63) is 60.4 Å². The van der Waals surface area contributed by atoms with E-state index in [-0.39, 0.29) is 16.7 Å². The number of hydrogen-bond donors (Lipinski definition) is 3. The van der Waals surface area contributed by atoms with E-state index in [0.717, 1.165) is 5.39 Å². The van der Waals surface area contributed by atoms with Crippen molar-refractivity contribution in [2.75, 3.05) is 10.6 Å². The molecule has 0 spiro atoms. The summed E-state index contributed by atoms with van der Waals surface area (Å²) in [5, 5.41) is 16.3. The number of nitrogens with zero attached hydrogens (tertiary/aromatic N) is 2. The van der Waals surface area contributed by atoms with Crippen LogP contribution in [0.5, 0.6) is 5.75 Å². The lowest BCUT2D eigenvalue weighted by Gasteiger charge is -2.10. The summed E-state index contributed by atoms with van der Waals surface area (Å²) in [5.41, 5.74) is 1.99. The zero-order chi connectivity index (χ0) is 17.1. The molecule has 0 unspecified atom stereocenters. The first-order valence-electron chi connectivity index (χ1n) is 7.00. The van der Waals surface area contributed by atoms with Crippen LogP contribution < -0.4 is 10.6 Å². The highest BCUT2D eigenvalue weighted by molar-refractivity contribution is 6.32. The van der Waals surface area contributed by atoms with Crippen molar-refractivity contribution >= 4 is 45.6 Å². The number of hydrogen-bond acceptors (Lipinski definition) is 5. The van der Waals surface area contributed by atoms with Crippen molar-refractivity contribution in [1.29, 1.82) is 0 Å². The fourth-order valence-electron chi connectivity index (χ4n) is 2.15. The summed E-state index contributed by atoms with van der Waals surface area (Å²) >= 11 is 5.92. The smallest absolute Gasteiger partial charge is 0.247 e. The van der Waals surface area contributed by atoms with Gasteiger partial charge in [0.1, 0.15) is 17.9 Å². The molecule has 120 valence electrons. The van der Waals surface area contributed by atoms with Crippen LogP contribution in [-0.2, 0) is 4.79 Å². The number of carbonyl (C=O) groups is 1. The number of carbonyl (C=O) groups excluding carboxylic acids is 1. The van der Waals surface area contributed by atoms with E-state index < -0.39 is 0 Å². The van der Waals surface area contributed by atoms with Gasteiger partial charge in [0.2, 0.25) is 5.91 Å². The molecule has 3 N–H and O–H groups in total. The number of benzene rings is 2. The number of fused-ring (bicyclic) bond motifs is 1. The topological polar surface area (TPSA) is 87.1 Å². The molecule has 1 heterocycles. The Morgan fingerprint density at radius 1 is 1.17 bits per heavy atom. The summed E-state index contributed by atoms with van der Waals surface area (Å²) in [6, 6.07) is 10.1. The van der Waals surface area contributed by atoms with E-state index in [1.807, 2.05) is 0 Å². The summed E-state index contributed by atoms with van der Waals surface area (Å²) in [5.74, 6) is 0.256. The van der Waals surface area contributed by atoms with Crippen molar-refractivity contribution in [3.8, 4) is 5.75 Å². The van der Waals surface area contributed by atoms with Crippen LogP contribution in [0.15, 0.2) is 55.4 Å². The molecule has 1 amide bonds. The summed E-state index contributed by atoms with van der Waals surface area (Å²) in [7, 11) is 0. The molecule has 0 saturated heterocycles. The molecule has 0 bridgehead atoms. The number of nitrogens with one attached hydrogen (secondary N) is 2. The zero-order valence-electron chi connectivity index (χ0n) is 12.5. The average Bonchev–Trinajstić information content (AvgIpc) is 2.58. The van der Waals surface area contributed by atoms with E-state index in [0.29, 0.717) is 22.7 Å². The molecule has 24 heavy (non-hydrogen) atoms. The first kappa shape index (κ1) is 15.8. The maximum atomic E-state index is 11.4. The highest BCUT2D eigenvalue weighted by Gasteiger charge is 2.08. The van der Waals surface area contributed by atoms with Crippen molar-refractivity contribution in [1.82, 2.24) is 9.97 Å². The van der Waals surface area contributed by atoms with Crippen LogP contribution in [0.4, 0.5) is 17.2 Å². The monoisotopic (exact) mass is 340 g/mol. The van der Waals surface area contributed by atoms with Crippen LogP contribution in [0.1, 0.15) is 0 Å². The Kier molecular flexibility index (Phi) is 4.31. The second-order valence-electron chi connectivity index (χ2n) is 4.94. The largest absolute Gasteiger partial charge is 0.506 e. The standard InChI is InChI=1S/C17H13ClN4O2/c1-2-16(24)21-10-3-5-14-12(7-10)17(20-9-19-14)22-11-4-6-15(23)13(18)8-11/h2-9,23H,1H2,(H,21,24)(H,19,20,22). The third-order valence-corrected chi connectivity index (χ3v) is 3.60. The average molecular weight is 341 g/mol. The van der Waals surface area contributed by atoms with E-state index in [2.05, 4.69) is 27.2 Å². The summed E-state index contributed by atoms with van der Waals surface area (Å²) < 4.78 is 0. The molecule has 6 nitrogen and oxygen atoms in total. The van der Waals surface area contributed by atoms with Crippen LogP contribution in [0.2, 0.25) is 5.02 Å². The number of anilines is 3. The number of amides is 1. The zero-order valence-corrected chi connectivity index (χ0v) is 13.2. The van der Waals surface area contributed by atoms with Crippen molar-refractivity contribution in [2.24, 2.45) is 0 Å². The quantitative estimate of drug-likeness (QED) is 0.496. The molecule has 0 aliphatic heterocycles. The first-order valence-corrected chi connectivity index (χ1v) is 7.38. The van der Waals surface area contributed by atoms with Gasteiger partial charge in [-0.15, -0.1) is 0 Å². The lowest BCUT2D eigenvalue weighted by molar-refractivity contribution is -0.111. The molecule has 1 aromatic heterocycles. The van der Waals surface area contributed by atoms with E-state index in [1.165, 1.54) is 18.5 Å². The summed E-state index contributed by atoms with van der Waals surface area (Å²) in [6.45, 7) is 3.43. The lowest BCUT2D eigenvalue weighted by Crippen LogP contribution is -2.07. The van der Waals surface area contributed by atoms with E-state index in [1.54, 1.807) is 30.3 Å². The molecule has 3 aromatic rings. The van der Waals surface area contributed by atoms with Gasteiger partial charge in [-0.05, 0) is 42.5 Å². The number of halogens is 1. The van der Waals surface area contributed by atoms with Gasteiger partial charge in [0.15, 0.2) is 0 Å².